The van der Waals surface area contributed by atoms with Gasteiger partial charge < -0.3 is 9.88 Å². The van der Waals surface area contributed by atoms with Crippen LogP contribution in [0.3, 0.4) is 0 Å². The van der Waals surface area contributed by atoms with Crippen molar-refractivity contribution in [2.45, 2.75) is 25.8 Å². The van der Waals surface area contributed by atoms with Gasteiger partial charge in [-0.15, -0.1) is 0 Å². The number of anilines is 1. The van der Waals surface area contributed by atoms with E-state index >= 15 is 0 Å². The zero-order valence-electron chi connectivity index (χ0n) is 15.6. The zero-order valence-corrected chi connectivity index (χ0v) is 15.6. The average molecular weight is 375 g/mol. The highest BCUT2D eigenvalue weighted by molar-refractivity contribution is 6.15. The molecule has 0 bridgehead atoms. The molecule has 0 radical (unpaired) electrons. The largest absolute Gasteiger partial charge is 0.347 e. The number of fused-ring (bicyclic) bond motifs is 2. The van der Waals surface area contributed by atoms with Crippen molar-refractivity contribution < 1.29 is 9.18 Å². The molecule has 0 aliphatic heterocycles. The van der Waals surface area contributed by atoms with Gasteiger partial charge >= 0.3 is 0 Å². The molecule has 0 spiro atoms. The Morgan fingerprint density at radius 3 is 2.75 bits per heavy atom. The Hall–Kier alpha value is -3.21. The quantitative estimate of drug-likeness (QED) is 0.429. The fourth-order valence-electron chi connectivity index (χ4n) is 3.58. The van der Waals surface area contributed by atoms with Crippen molar-refractivity contribution in [2.75, 3.05) is 12.0 Å². The van der Waals surface area contributed by atoms with Gasteiger partial charge in [0.05, 0.1) is 17.8 Å². The van der Waals surface area contributed by atoms with Gasteiger partial charge in [0.2, 0.25) is 0 Å². The highest BCUT2D eigenvalue weighted by Gasteiger charge is 2.16. The maximum absolute atomic E-state index is 13.1. The summed E-state index contributed by atoms with van der Waals surface area (Å²) in [6.45, 7) is 0.469. The van der Waals surface area contributed by atoms with Crippen LogP contribution in [0.2, 0.25) is 0 Å². The van der Waals surface area contributed by atoms with E-state index in [0.717, 1.165) is 46.7 Å². The molecule has 0 atom stereocenters. The number of aromatic nitrogens is 2. The molecule has 2 aromatic heterocycles. The molecule has 2 heterocycles. The van der Waals surface area contributed by atoms with Gasteiger partial charge in [0.1, 0.15) is 0 Å². The summed E-state index contributed by atoms with van der Waals surface area (Å²) in [6.07, 6.45) is 7.62. The minimum absolute atomic E-state index is 0.156. The van der Waals surface area contributed by atoms with Crippen LogP contribution in [0.4, 0.5) is 10.1 Å². The number of aryl methyl sites for hydroxylation is 1. The Labute approximate surface area is 163 Å². The van der Waals surface area contributed by atoms with Gasteiger partial charge in [0.15, 0.2) is 0 Å². The van der Waals surface area contributed by atoms with E-state index in [9.17, 15) is 9.18 Å². The molecule has 28 heavy (non-hydrogen) atoms. The second-order valence-corrected chi connectivity index (χ2v) is 6.86. The van der Waals surface area contributed by atoms with E-state index < -0.39 is 0 Å². The lowest BCUT2D eigenvalue weighted by atomic mass is 10.1. The molecular formula is C23H22FN3O. The van der Waals surface area contributed by atoms with Crippen molar-refractivity contribution in [1.29, 1.82) is 0 Å². The maximum Gasteiger partial charge on any atom is 0.257 e. The number of amides is 1. The summed E-state index contributed by atoms with van der Waals surface area (Å²) in [5, 5.41) is 5.96. The number of hydrogen-bond acceptors (Lipinski definition) is 2. The normalized spacial score (nSPS) is 11.2. The van der Waals surface area contributed by atoms with Crippen LogP contribution in [0, 0.1) is 0 Å². The van der Waals surface area contributed by atoms with Gasteiger partial charge in [-0.2, -0.15) is 0 Å². The maximum atomic E-state index is 13.1. The molecule has 1 N–H and O–H groups in total. The molecule has 4 nitrogen and oxygen atoms in total. The van der Waals surface area contributed by atoms with Crippen molar-refractivity contribution in [3.63, 3.8) is 0 Å². The second kappa shape index (κ2) is 8.21. The third kappa shape index (κ3) is 3.60. The monoisotopic (exact) mass is 375 g/mol. The van der Waals surface area contributed by atoms with E-state index in [2.05, 4.69) is 14.9 Å². The van der Waals surface area contributed by atoms with E-state index in [0.29, 0.717) is 12.0 Å². The number of unbranched alkanes of at least 4 members (excludes halogenated alkanes) is 2. The summed E-state index contributed by atoms with van der Waals surface area (Å²) in [4.78, 5) is 17.3. The van der Waals surface area contributed by atoms with Crippen molar-refractivity contribution in [3.8, 4) is 0 Å². The number of pyridine rings is 1. The van der Waals surface area contributed by atoms with Crippen LogP contribution in [-0.4, -0.2) is 22.1 Å². The van der Waals surface area contributed by atoms with E-state index in [1.54, 1.807) is 12.4 Å². The summed E-state index contributed by atoms with van der Waals surface area (Å²) in [5.41, 5.74) is 2.36. The predicted molar refractivity (Wildman–Crippen MR) is 111 cm³/mol. The van der Waals surface area contributed by atoms with Crippen LogP contribution in [0.5, 0.6) is 0 Å². The predicted octanol–water partition coefficient (Wildman–Crippen LogP) is 5.58. The third-order valence-corrected chi connectivity index (χ3v) is 5.00. The lowest BCUT2D eigenvalue weighted by molar-refractivity contribution is 0.102. The number of nitrogens with zero attached hydrogens (tertiary/aromatic N) is 2. The number of carbonyl (C=O) groups excluding carboxylic acids is 1. The Morgan fingerprint density at radius 2 is 1.86 bits per heavy atom. The van der Waals surface area contributed by atoms with Gasteiger partial charge in [-0.3, -0.25) is 14.2 Å². The van der Waals surface area contributed by atoms with Crippen LogP contribution in [0.25, 0.3) is 21.7 Å². The minimum atomic E-state index is -0.283. The molecule has 0 unspecified atom stereocenters. The third-order valence-electron chi connectivity index (χ3n) is 5.00. The van der Waals surface area contributed by atoms with E-state index in [-0.39, 0.29) is 12.6 Å². The van der Waals surface area contributed by atoms with E-state index in [1.807, 2.05) is 54.7 Å². The van der Waals surface area contributed by atoms with Crippen molar-refractivity contribution in [3.05, 3.63) is 72.7 Å². The first-order valence-electron chi connectivity index (χ1n) is 9.56. The highest BCUT2D eigenvalue weighted by atomic mass is 19.1. The zero-order chi connectivity index (χ0) is 19.3. The Kier molecular flexibility index (Phi) is 5.33. The average Bonchev–Trinajstić information content (AvgIpc) is 3.10. The first kappa shape index (κ1) is 18.2. The summed E-state index contributed by atoms with van der Waals surface area (Å²) in [6, 6.07) is 15.8. The standard InChI is InChI=1S/C23H22FN3O/c24-12-4-1-5-14-27-16-20(19-15-25-13-11-22(19)27)23(28)26-21-10-6-8-17-7-2-3-9-18(17)21/h2-3,6-11,13,15-16H,1,4-5,12,14H2,(H,26,28). The molecule has 1 amide bonds. The highest BCUT2D eigenvalue weighted by Crippen LogP contribution is 2.26. The molecule has 0 fully saturated rings. The van der Waals surface area contributed by atoms with Crippen LogP contribution in [0.15, 0.2) is 67.1 Å². The first-order valence-corrected chi connectivity index (χ1v) is 9.56. The molecule has 0 aliphatic carbocycles. The molecule has 142 valence electrons. The number of alkyl halides is 1. The van der Waals surface area contributed by atoms with E-state index in [1.165, 1.54) is 0 Å². The van der Waals surface area contributed by atoms with Gasteiger partial charge in [-0.25, -0.2) is 0 Å². The minimum Gasteiger partial charge on any atom is -0.347 e. The Morgan fingerprint density at radius 1 is 1.00 bits per heavy atom. The number of benzene rings is 2. The van der Waals surface area contributed by atoms with Gasteiger partial charge in [-0.05, 0) is 36.8 Å². The molecule has 4 rings (SSSR count). The molecule has 0 saturated carbocycles. The number of carbonyl (C=O) groups is 1. The molecule has 0 aliphatic rings. The summed E-state index contributed by atoms with van der Waals surface area (Å²) in [5.74, 6) is -0.156. The SMILES string of the molecule is O=C(Nc1cccc2ccccc12)c1cn(CCCCCF)c2ccncc12. The number of rotatable bonds is 7. The Balaban J connectivity index is 1.63. The van der Waals surface area contributed by atoms with Crippen molar-refractivity contribution >= 4 is 33.3 Å². The number of hydrogen-bond donors (Lipinski definition) is 1. The molecule has 5 heteroatoms. The first-order chi connectivity index (χ1) is 13.8. The molecule has 0 saturated heterocycles. The summed E-state index contributed by atoms with van der Waals surface area (Å²) >= 11 is 0. The molecular weight excluding hydrogens is 353 g/mol. The topological polar surface area (TPSA) is 46.9 Å². The Bertz CT molecular complexity index is 1110. The van der Waals surface area contributed by atoms with Crippen molar-refractivity contribution in [1.82, 2.24) is 9.55 Å². The van der Waals surface area contributed by atoms with Gasteiger partial charge in [0.25, 0.3) is 5.91 Å². The van der Waals surface area contributed by atoms with E-state index in [4.69, 9.17) is 0 Å². The van der Waals surface area contributed by atoms with Crippen molar-refractivity contribution in [2.24, 2.45) is 0 Å². The molecule has 2 aromatic carbocycles. The summed E-state index contributed by atoms with van der Waals surface area (Å²) in [7, 11) is 0. The van der Waals surface area contributed by atoms with Crippen LogP contribution in [-0.2, 0) is 6.54 Å². The number of halogens is 1. The number of nitrogens with one attached hydrogen (secondary N) is 1. The lowest BCUT2D eigenvalue weighted by Gasteiger charge is -2.08. The fourth-order valence-corrected chi connectivity index (χ4v) is 3.58. The smallest absolute Gasteiger partial charge is 0.257 e. The fraction of sp³-hybridized carbons (Fsp3) is 0.217. The second-order valence-electron chi connectivity index (χ2n) is 6.86. The molecule has 4 aromatic rings. The van der Waals surface area contributed by atoms with Crippen LogP contribution in [0.1, 0.15) is 29.6 Å². The van der Waals surface area contributed by atoms with Crippen LogP contribution < -0.4 is 5.32 Å². The van der Waals surface area contributed by atoms with Crippen LogP contribution >= 0.6 is 0 Å². The van der Waals surface area contributed by atoms with Gasteiger partial charge in [0, 0.05) is 41.6 Å². The lowest BCUT2D eigenvalue weighted by Crippen LogP contribution is -2.12. The summed E-state index contributed by atoms with van der Waals surface area (Å²) < 4.78 is 14.4. The van der Waals surface area contributed by atoms with Gasteiger partial charge in [-0.1, -0.05) is 36.4 Å².